The molecule has 1 saturated heterocycles. The topological polar surface area (TPSA) is 12.0 Å². The van der Waals surface area contributed by atoms with Gasteiger partial charge in [-0.1, -0.05) is 6.08 Å². The fourth-order valence-corrected chi connectivity index (χ4v) is 2.36. The van der Waals surface area contributed by atoms with Crippen molar-refractivity contribution in [1.29, 1.82) is 0 Å². The summed E-state index contributed by atoms with van der Waals surface area (Å²) in [6.07, 6.45) is 6.33. The average molecular weight is 139 g/mol. The summed E-state index contributed by atoms with van der Waals surface area (Å²) in [5.41, 5.74) is 1.56. The summed E-state index contributed by atoms with van der Waals surface area (Å²) in [4.78, 5) is 0. The molecule has 2 aliphatic rings. The van der Waals surface area contributed by atoms with E-state index in [2.05, 4.69) is 17.5 Å². The fourth-order valence-electron chi connectivity index (χ4n) is 1.17. The SMILES string of the molecule is C1=CNC2CSCC2=C1. The van der Waals surface area contributed by atoms with Crippen LogP contribution < -0.4 is 5.32 Å². The molecule has 0 radical (unpaired) electrons. The van der Waals surface area contributed by atoms with Crippen molar-refractivity contribution in [3.8, 4) is 0 Å². The summed E-state index contributed by atoms with van der Waals surface area (Å²) in [6.45, 7) is 0. The Morgan fingerprint density at radius 2 is 2.67 bits per heavy atom. The van der Waals surface area contributed by atoms with Gasteiger partial charge in [0.05, 0.1) is 6.04 Å². The van der Waals surface area contributed by atoms with Crippen molar-refractivity contribution in [3.05, 3.63) is 23.9 Å². The first-order chi connectivity index (χ1) is 4.47. The highest BCUT2D eigenvalue weighted by atomic mass is 32.2. The van der Waals surface area contributed by atoms with Gasteiger partial charge in [-0.05, 0) is 17.8 Å². The predicted octanol–water partition coefficient (Wildman–Crippen LogP) is 1.15. The van der Waals surface area contributed by atoms with Crippen LogP contribution in [0.3, 0.4) is 0 Å². The summed E-state index contributed by atoms with van der Waals surface area (Å²) in [5, 5.41) is 3.31. The molecule has 48 valence electrons. The summed E-state index contributed by atoms with van der Waals surface area (Å²) >= 11 is 2.01. The highest BCUT2D eigenvalue weighted by Crippen LogP contribution is 2.24. The average Bonchev–Trinajstić information content (AvgIpc) is 2.33. The molecule has 1 nitrogen and oxygen atoms in total. The van der Waals surface area contributed by atoms with Crippen LogP contribution in [0.25, 0.3) is 0 Å². The van der Waals surface area contributed by atoms with Crippen molar-refractivity contribution >= 4 is 11.8 Å². The Kier molecular flexibility index (Phi) is 1.27. The second-order valence-electron chi connectivity index (χ2n) is 2.34. The van der Waals surface area contributed by atoms with E-state index in [4.69, 9.17) is 0 Å². The zero-order valence-corrected chi connectivity index (χ0v) is 5.95. The molecule has 2 rings (SSSR count). The summed E-state index contributed by atoms with van der Waals surface area (Å²) in [6, 6.07) is 0.653. The minimum atomic E-state index is 0.653. The summed E-state index contributed by atoms with van der Waals surface area (Å²) in [7, 11) is 0. The number of hydrogen-bond acceptors (Lipinski definition) is 2. The molecular weight excluding hydrogens is 130 g/mol. The van der Waals surface area contributed by atoms with Crippen LogP contribution in [0.4, 0.5) is 0 Å². The lowest BCUT2D eigenvalue weighted by Crippen LogP contribution is -2.27. The lowest BCUT2D eigenvalue weighted by Gasteiger charge is -2.13. The van der Waals surface area contributed by atoms with Crippen molar-refractivity contribution in [2.75, 3.05) is 11.5 Å². The standard InChI is InChI=1S/C7H9NS/c1-2-6-4-9-5-7(6)8-3-1/h1-3,7-8H,4-5H2. The molecule has 0 aliphatic carbocycles. The molecule has 2 heteroatoms. The van der Waals surface area contributed by atoms with Crippen molar-refractivity contribution in [2.24, 2.45) is 0 Å². The molecule has 0 aromatic rings. The Labute approximate surface area is 59.2 Å². The second-order valence-corrected chi connectivity index (χ2v) is 3.37. The molecule has 1 atom stereocenters. The van der Waals surface area contributed by atoms with Gasteiger partial charge in [0.25, 0.3) is 0 Å². The van der Waals surface area contributed by atoms with E-state index >= 15 is 0 Å². The minimum Gasteiger partial charge on any atom is -0.384 e. The maximum Gasteiger partial charge on any atom is 0.0570 e. The van der Waals surface area contributed by atoms with Gasteiger partial charge in [0.15, 0.2) is 0 Å². The number of allylic oxidation sites excluding steroid dienone is 2. The van der Waals surface area contributed by atoms with E-state index in [-0.39, 0.29) is 0 Å². The molecule has 1 N–H and O–H groups in total. The molecule has 0 saturated carbocycles. The zero-order chi connectivity index (χ0) is 6.10. The Morgan fingerprint density at radius 1 is 1.67 bits per heavy atom. The van der Waals surface area contributed by atoms with E-state index < -0.39 is 0 Å². The number of fused-ring (bicyclic) bond motifs is 1. The van der Waals surface area contributed by atoms with Gasteiger partial charge in [-0.2, -0.15) is 11.8 Å². The molecule has 0 aromatic heterocycles. The van der Waals surface area contributed by atoms with Crippen LogP contribution in [-0.2, 0) is 0 Å². The third-order valence-electron chi connectivity index (χ3n) is 1.70. The van der Waals surface area contributed by atoms with E-state index in [1.807, 2.05) is 18.0 Å². The van der Waals surface area contributed by atoms with Crippen LogP contribution in [0, 0.1) is 0 Å². The molecule has 9 heavy (non-hydrogen) atoms. The number of dihydropyridines is 1. The fraction of sp³-hybridized carbons (Fsp3) is 0.429. The van der Waals surface area contributed by atoms with Crippen LogP contribution in [0.2, 0.25) is 0 Å². The van der Waals surface area contributed by atoms with Crippen LogP contribution in [0.15, 0.2) is 23.9 Å². The van der Waals surface area contributed by atoms with E-state index in [1.54, 1.807) is 5.57 Å². The van der Waals surface area contributed by atoms with Crippen LogP contribution >= 0.6 is 11.8 Å². The molecule has 2 aliphatic heterocycles. The first-order valence-electron chi connectivity index (χ1n) is 3.16. The Bertz CT molecular complexity index is 172. The maximum absolute atomic E-state index is 3.31. The molecule has 0 spiro atoms. The first-order valence-corrected chi connectivity index (χ1v) is 4.32. The number of nitrogens with one attached hydrogen (secondary N) is 1. The van der Waals surface area contributed by atoms with Crippen molar-refractivity contribution < 1.29 is 0 Å². The quantitative estimate of drug-likeness (QED) is 0.540. The van der Waals surface area contributed by atoms with Crippen molar-refractivity contribution in [1.82, 2.24) is 5.32 Å². The van der Waals surface area contributed by atoms with Crippen LogP contribution in [0.1, 0.15) is 0 Å². The molecule has 2 heterocycles. The van der Waals surface area contributed by atoms with Gasteiger partial charge in [0.2, 0.25) is 0 Å². The molecule has 0 aromatic carbocycles. The molecular formula is C7H9NS. The molecule has 1 unspecified atom stereocenters. The van der Waals surface area contributed by atoms with Crippen molar-refractivity contribution in [3.63, 3.8) is 0 Å². The largest absolute Gasteiger partial charge is 0.384 e. The number of thioether (sulfide) groups is 1. The van der Waals surface area contributed by atoms with E-state index in [1.165, 1.54) is 11.5 Å². The summed E-state index contributed by atoms with van der Waals surface area (Å²) < 4.78 is 0. The van der Waals surface area contributed by atoms with Crippen LogP contribution in [-0.4, -0.2) is 17.5 Å². The normalized spacial score (nSPS) is 31.1. The lowest BCUT2D eigenvalue weighted by atomic mass is 10.1. The van der Waals surface area contributed by atoms with E-state index in [0.717, 1.165) is 0 Å². The second kappa shape index (κ2) is 2.10. The third kappa shape index (κ3) is 0.874. The molecule has 0 amide bonds. The Morgan fingerprint density at radius 3 is 3.56 bits per heavy atom. The third-order valence-corrected chi connectivity index (χ3v) is 2.81. The van der Waals surface area contributed by atoms with E-state index in [9.17, 15) is 0 Å². The highest BCUT2D eigenvalue weighted by molar-refractivity contribution is 7.99. The Hall–Kier alpha value is -0.370. The number of hydrogen-bond donors (Lipinski definition) is 1. The monoisotopic (exact) mass is 139 g/mol. The predicted molar refractivity (Wildman–Crippen MR) is 41.5 cm³/mol. The van der Waals surface area contributed by atoms with Gasteiger partial charge in [0.1, 0.15) is 0 Å². The Balaban J connectivity index is 2.23. The zero-order valence-electron chi connectivity index (χ0n) is 5.13. The van der Waals surface area contributed by atoms with Gasteiger partial charge in [-0.25, -0.2) is 0 Å². The maximum atomic E-state index is 3.31. The smallest absolute Gasteiger partial charge is 0.0570 e. The molecule has 0 bridgehead atoms. The van der Waals surface area contributed by atoms with E-state index in [0.29, 0.717) is 6.04 Å². The van der Waals surface area contributed by atoms with Gasteiger partial charge in [-0.3, -0.25) is 0 Å². The lowest BCUT2D eigenvalue weighted by molar-refractivity contribution is 0.746. The number of rotatable bonds is 0. The van der Waals surface area contributed by atoms with Crippen LogP contribution in [0.5, 0.6) is 0 Å². The minimum absolute atomic E-state index is 0.653. The highest BCUT2D eigenvalue weighted by Gasteiger charge is 2.20. The summed E-state index contributed by atoms with van der Waals surface area (Å²) in [5.74, 6) is 2.47. The van der Waals surface area contributed by atoms with Gasteiger partial charge < -0.3 is 5.32 Å². The first kappa shape index (κ1) is 5.42. The molecule has 1 fully saturated rings. The van der Waals surface area contributed by atoms with Gasteiger partial charge in [-0.15, -0.1) is 0 Å². The van der Waals surface area contributed by atoms with Gasteiger partial charge in [0, 0.05) is 11.5 Å². The van der Waals surface area contributed by atoms with Crippen molar-refractivity contribution in [2.45, 2.75) is 6.04 Å². The van der Waals surface area contributed by atoms with Gasteiger partial charge >= 0.3 is 0 Å².